The molecule has 9 nitrogen and oxygen atoms in total. The van der Waals surface area contributed by atoms with Crippen LogP contribution in [0.3, 0.4) is 0 Å². The summed E-state index contributed by atoms with van der Waals surface area (Å²) in [4.78, 5) is 29.5. The lowest BCUT2D eigenvalue weighted by atomic mass is 9.93. The fraction of sp³-hybridized carbons (Fsp3) is 0.259. The Balaban J connectivity index is 1.30. The molecule has 0 aliphatic heterocycles. The van der Waals surface area contributed by atoms with Gasteiger partial charge >= 0.3 is 12.0 Å². The van der Waals surface area contributed by atoms with Crippen molar-refractivity contribution < 1.29 is 19.2 Å². The Bertz CT molecular complexity index is 1610. The second-order valence-corrected chi connectivity index (χ2v) is 10.9. The van der Waals surface area contributed by atoms with Gasteiger partial charge in [-0.15, -0.1) is 0 Å². The number of thiazole rings is 1. The number of carboxylic acids is 1. The summed E-state index contributed by atoms with van der Waals surface area (Å²) in [5.41, 5.74) is 3.94. The van der Waals surface area contributed by atoms with Gasteiger partial charge in [-0.25, -0.2) is 9.78 Å². The zero-order chi connectivity index (χ0) is 26.3. The van der Waals surface area contributed by atoms with Crippen LogP contribution in [-0.2, 0) is 10.2 Å². The molecule has 0 saturated carbocycles. The molecule has 3 aromatic heterocycles. The second kappa shape index (κ2) is 9.36. The summed E-state index contributed by atoms with van der Waals surface area (Å²) in [6, 6.07) is 14.5. The molecule has 1 unspecified atom stereocenters. The largest absolute Gasteiger partial charge is 0.481 e. The maximum atomic E-state index is 12.4. The standard InChI is InChI=1S/C27H27N5O4S/c1-5-18(24(33)34)16-8-11-20-21(12-16)37-26-29-19(14-32(20)26)15-6-9-17(10-7-15)28-25(35)30-23-13-22(36-31-23)27(2,3)4/h6-14,18H,5H2,1-4H3,(H,33,34)(H2,28,30,31,35). The number of carbonyl (C=O) groups is 2. The summed E-state index contributed by atoms with van der Waals surface area (Å²) in [6.45, 7) is 7.89. The second-order valence-electron chi connectivity index (χ2n) is 9.89. The van der Waals surface area contributed by atoms with E-state index in [2.05, 4.69) is 15.8 Å². The average molecular weight is 518 g/mol. The molecule has 2 amide bonds. The number of imidazole rings is 1. The Labute approximate surface area is 217 Å². The minimum Gasteiger partial charge on any atom is -0.481 e. The molecule has 0 aliphatic rings. The molecule has 190 valence electrons. The quantitative estimate of drug-likeness (QED) is 0.230. The SMILES string of the molecule is CCC(C(=O)O)c1ccc2c(c1)sc1nc(-c3ccc(NC(=O)Nc4cc(C(C)(C)C)on4)cc3)cn12. The van der Waals surface area contributed by atoms with Gasteiger partial charge in [0.05, 0.1) is 21.8 Å². The van der Waals surface area contributed by atoms with E-state index in [1.54, 1.807) is 6.07 Å². The highest BCUT2D eigenvalue weighted by Gasteiger charge is 2.21. The number of nitrogens with one attached hydrogen (secondary N) is 2. The predicted molar refractivity (Wildman–Crippen MR) is 145 cm³/mol. The molecule has 3 heterocycles. The highest BCUT2D eigenvalue weighted by Crippen LogP contribution is 2.33. The highest BCUT2D eigenvalue weighted by atomic mass is 32.1. The molecule has 0 radical (unpaired) electrons. The third-order valence-electron chi connectivity index (χ3n) is 6.16. The van der Waals surface area contributed by atoms with Gasteiger partial charge in [0.1, 0.15) is 5.76 Å². The molecule has 3 N–H and O–H groups in total. The van der Waals surface area contributed by atoms with E-state index in [1.807, 2.05) is 80.8 Å². The smallest absolute Gasteiger partial charge is 0.324 e. The zero-order valence-electron chi connectivity index (χ0n) is 20.9. The van der Waals surface area contributed by atoms with E-state index in [-0.39, 0.29) is 5.41 Å². The fourth-order valence-electron chi connectivity index (χ4n) is 4.12. The first-order valence-electron chi connectivity index (χ1n) is 11.9. The van der Waals surface area contributed by atoms with Crippen LogP contribution in [0.15, 0.2) is 59.3 Å². The lowest BCUT2D eigenvalue weighted by molar-refractivity contribution is -0.138. The van der Waals surface area contributed by atoms with Crippen molar-refractivity contribution in [1.82, 2.24) is 14.5 Å². The number of anilines is 2. The van der Waals surface area contributed by atoms with Gasteiger partial charge in [-0.05, 0) is 36.2 Å². The Kier molecular flexibility index (Phi) is 6.20. The van der Waals surface area contributed by atoms with E-state index >= 15 is 0 Å². The fourth-order valence-corrected chi connectivity index (χ4v) is 5.17. The van der Waals surface area contributed by atoms with Crippen molar-refractivity contribution in [2.75, 3.05) is 10.6 Å². The summed E-state index contributed by atoms with van der Waals surface area (Å²) < 4.78 is 8.31. The van der Waals surface area contributed by atoms with E-state index in [0.29, 0.717) is 23.7 Å². The molecule has 2 aromatic carbocycles. The molecule has 10 heteroatoms. The maximum Gasteiger partial charge on any atom is 0.324 e. The number of hydrogen-bond acceptors (Lipinski definition) is 6. The van der Waals surface area contributed by atoms with Crippen LogP contribution in [-0.4, -0.2) is 31.6 Å². The van der Waals surface area contributed by atoms with Gasteiger partial charge in [0.15, 0.2) is 10.8 Å². The lowest BCUT2D eigenvalue weighted by Gasteiger charge is -2.12. The predicted octanol–water partition coefficient (Wildman–Crippen LogP) is 6.72. The molecule has 0 saturated heterocycles. The summed E-state index contributed by atoms with van der Waals surface area (Å²) in [5.74, 6) is -0.287. The number of aliphatic carboxylic acids is 1. The zero-order valence-corrected chi connectivity index (χ0v) is 21.7. The summed E-state index contributed by atoms with van der Waals surface area (Å²) in [5, 5.41) is 18.8. The van der Waals surface area contributed by atoms with Crippen LogP contribution in [0.25, 0.3) is 26.4 Å². The topological polar surface area (TPSA) is 122 Å². The van der Waals surface area contributed by atoms with Crippen LogP contribution in [0.5, 0.6) is 0 Å². The summed E-state index contributed by atoms with van der Waals surface area (Å²) >= 11 is 1.53. The third-order valence-corrected chi connectivity index (χ3v) is 7.17. The van der Waals surface area contributed by atoms with Crippen LogP contribution < -0.4 is 10.6 Å². The summed E-state index contributed by atoms with van der Waals surface area (Å²) in [7, 11) is 0. The minimum absolute atomic E-state index is 0.200. The van der Waals surface area contributed by atoms with Crippen LogP contribution >= 0.6 is 11.3 Å². The molecule has 37 heavy (non-hydrogen) atoms. The van der Waals surface area contributed by atoms with Crippen molar-refractivity contribution in [3.63, 3.8) is 0 Å². The van der Waals surface area contributed by atoms with Crippen molar-refractivity contribution in [1.29, 1.82) is 0 Å². The average Bonchev–Trinajstić information content (AvgIpc) is 3.54. The number of rotatable bonds is 6. The summed E-state index contributed by atoms with van der Waals surface area (Å²) in [6.07, 6.45) is 2.51. The number of carboxylic acid groups (broad SMARTS) is 1. The van der Waals surface area contributed by atoms with E-state index in [9.17, 15) is 14.7 Å². The first-order chi connectivity index (χ1) is 17.6. The van der Waals surface area contributed by atoms with Crippen molar-refractivity contribution in [3.05, 3.63) is 66.1 Å². The Hall–Kier alpha value is -4.18. The van der Waals surface area contributed by atoms with Gasteiger partial charge < -0.3 is 14.9 Å². The molecule has 0 fully saturated rings. The van der Waals surface area contributed by atoms with Gasteiger partial charge in [0, 0.05) is 28.9 Å². The van der Waals surface area contributed by atoms with Gasteiger partial charge in [0.25, 0.3) is 0 Å². The van der Waals surface area contributed by atoms with E-state index in [1.165, 1.54) is 11.3 Å². The van der Waals surface area contributed by atoms with Crippen LogP contribution in [0.4, 0.5) is 16.3 Å². The van der Waals surface area contributed by atoms with Crippen LogP contribution in [0.2, 0.25) is 0 Å². The number of benzene rings is 2. The number of urea groups is 1. The van der Waals surface area contributed by atoms with Crippen LogP contribution in [0.1, 0.15) is 51.4 Å². The van der Waals surface area contributed by atoms with Gasteiger partial charge in [-0.2, -0.15) is 0 Å². The molecular weight excluding hydrogens is 490 g/mol. The molecule has 0 aliphatic carbocycles. The first-order valence-corrected chi connectivity index (χ1v) is 12.7. The van der Waals surface area contributed by atoms with Crippen molar-refractivity contribution >= 4 is 50.0 Å². The molecular formula is C27H27N5O4S. The number of nitrogens with zero attached hydrogens (tertiary/aromatic N) is 3. The Morgan fingerprint density at radius 2 is 1.86 bits per heavy atom. The number of amides is 2. The normalized spacial score (nSPS) is 12.6. The molecule has 1 atom stereocenters. The highest BCUT2D eigenvalue weighted by molar-refractivity contribution is 7.23. The monoisotopic (exact) mass is 517 g/mol. The van der Waals surface area contributed by atoms with Crippen LogP contribution in [0, 0.1) is 0 Å². The number of carbonyl (C=O) groups excluding carboxylic acids is 1. The van der Waals surface area contributed by atoms with E-state index in [0.717, 1.165) is 32.0 Å². The Morgan fingerprint density at radius 1 is 1.11 bits per heavy atom. The van der Waals surface area contributed by atoms with Crippen molar-refractivity contribution in [3.8, 4) is 11.3 Å². The van der Waals surface area contributed by atoms with Gasteiger partial charge in [0.2, 0.25) is 0 Å². The van der Waals surface area contributed by atoms with Gasteiger partial charge in [-0.1, -0.05) is 62.4 Å². The van der Waals surface area contributed by atoms with E-state index in [4.69, 9.17) is 9.51 Å². The molecule has 5 aromatic rings. The van der Waals surface area contributed by atoms with Crippen molar-refractivity contribution in [2.45, 2.75) is 45.4 Å². The first kappa shape index (κ1) is 24.5. The Morgan fingerprint density at radius 3 is 2.51 bits per heavy atom. The molecule has 0 spiro atoms. The molecule has 0 bridgehead atoms. The van der Waals surface area contributed by atoms with Gasteiger partial charge in [-0.3, -0.25) is 14.5 Å². The minimum atomic E-state index is -0.811. The maximum absolute atomic E-state index is 12.4. The third kappa shape index (κ3) is 4.92. The van der Waals surface area contributed by atoms with E-state index < -0.39 is 17.9 Å². The van der Waals surface area contributed by atoms with Crippen molar-refractivity contribution in [2.24, 2.45) is 0 Å². The molecule has 5 rings (SSSR count). The number of aromatic nitrogens is 3. The number of hydrogen-bond donors (Lipinski definition) is 3. The lowest BCUT2D eigenvalue weighted by Crippen LogP contribution is -2.19. The number of fused-ring (bicyclic) bond motifs is 3.